The van der Waals surface area contributed by atoms with E-state index >= 15 is 0 Å². The molecule has 0 aliphatic carbocycles. The molecule has 0 saturated carbocycles. The molecule has 2 aromatic heterocycles. The van der Waals surface area contributed by atoms with E-state index in [0.29, 0.717) is 0 Å². The Bertz CT molecular complexity index is 3110. The van der Waals surface area contributed by atoms with Crippen molar-refractivity contribution in [2.75, 3.05) is 0 Å². The van der Waals surface area contributed by atoms with Crippen molar-refractivity contribution in [1.29, 1.82) is 0 Å². The Morgan fingerprint density at radius 1 is 0.316 bits per heavy atom. The Hall–Kier alpha value is -7.20. The maximum atomic E-state index is 2.60. The van der Waals surface area contributed by atoms with E-state index in [1.54, 1.807) is 0 Å². The minimum absolute atomic E-state index is 1.15. The molecule has 0 saturated heterocycles. The highest BCUT2D eigenvalue weighted by Crippen LogP contribution is 2.44. The molecule has 268 valence electrons. The van der Waals surface area contributed by atoms with Gasteiger partial charge in [-0.05, 0) is 62.7 Å². The maximum absolute atomic E-state index is 2.95. The molecule has 9 aromatic carbocycles. The van der Waals surface area contributed by atoms with Crippen LogP contribution in [0, 0.1) is 0 Å². The van der Waals surface area contributed by atoms with Crippen molar-refractivity contribution in [1.82, 2.24) is 9.13 Å². The summed E-state index contributed by atoms with van der Waals surface area (Å²) in [5, 5.41) is 10.4. The number of hydrogen-bond donors (Lipinski definition) is 0. The predicted molar refractivity (Wildman–Crippen MR) is 244 cm³/mol. The highest BCUT2D eigenvalue weighted by molar-refractivity contribution is 7.20. The Balaban J connectivity index is 1.36. The third-order valence-corrected chi connectivity index (χ3v) is 16.7. The lowest BCUT2D eigenvalue weighted by Gasteiger charge is -2.35. The molecule has 2 heterocycles. The van der Waals surface area contributed by atoms with E-state index in [9.17, 15) is 0 Å². The lowest BCUT2D eigenvalue weighted by Crippen LogP contribution is -2.75. The van der Waals surface area contributed by atoms with Gasteiger partial charge in [0.05, 0.1) is 27.8 Å². The Morgan fingerprint density at radius 3 is 1.39 bits per heavy atom. The fourth-order valence-electron chi connectivity index (χ4n) is 9.59. The van der Waals surface area contributed by atoms with Crippen molar-refractivity contribution in [2.45, 2.75) is 0 Å². The zero-order valence-corrected chi connectivity index (χ0v) is 32.3. The molecule has 0 aliphatic rings. The number of rotatable bonds is 7. The highest BCUT2D eigenvalue weighted by Gasteiger charge is 2.43. The molecule has 3 heteroatoms. The molecule has 0 radical (unpaired) electrons. The van der Waals surface area contributed by atoms with E-state index in [4.69, 9.17) is 0 Å². The second-order valence-corrected chi connectivity index (χ2v) is 18.6. The molecule has 0 amide bonds. The molecule has 0 N–H and O–H groups in total. The van der Waals surface area contributed by atoms with Crippen LogP contribution >= 0.6 is 0 Å². The molecule has 11 aromatic rings. The summed E-state index contributed by atoms with van der Waals surface area (Å²) in [4.78, 5) is 0. The topological polar surface area (TPSA) is 9.86 Å². The second kappa shape index (κ2) is 13.5. The smallest absolute Gasteiger partial charge is 0.181 e. The van der Waals surface area contributed by atoms with Crippen LogP contribution < -0.4 is 20.7 Å². The van der Waals surface area contributed by atoms with Crippen LogP contribution in [0.15, 0.2) is 231 Å². The maximum Gasteiger partial charge on any atom is 0.181 e. The third kappa shape index (κ3) is 5.03. The van der Waals surface area contributed by atoms with E-state index < -0.39 is 8.07 Å². The zero-order valence-electron chi connectivity index (χ0n) is 31.3. The fraction of sp³-hybridized carbons (Fsp3) is 0. The summed E-state index contributed by atoms with van der Waals surface area (Å²) < 4.78 is 5.03. The number of hydrogen-bond acceptors (Lipinski definition) is 0. The summed E-state index contributed by atoms with van der Waals surface area (Å²) in [6, 6.07) is 85.3. The number of fused-ring (bicyclic) bond motifs is 6. The van der Waals surface area contributed by atoms with E-state index in [1.807, 2.05) is 0 Å². The molecule has 0 spiro atoms. The lowest BCUT2D eigenvalue weighted by atomic mass is 9.97. The average molecular weight is 743 g/mol. The summed E-state index contributed by atoms with van der Waals surface area (Å²) in [5.74, 6) is 0. The van der Waals surface area contributed by atoms with Gasteiger partial charge >= 0.3 is 0 Å². The summed E-state index contributed by atoms with van der Waals surface area (Å²) in [6.07, 6.45) is 0. The van der Waals surface area contributed by atoms with Crippen molar-refractivity contribution >= 4 is 72.4 Å². The van der Waals surface area contributed by atoms with Gasteiger partial charge in [0, 0.05) is 32.8 Å². The monoisotopic (exact) mass is 742 g/mol. The van der Waals surface area contributed by atoms with Crippen LogP contribution in [0.1, 0.15) is 0 Å². The van der Waals surface area contributed by atoms with Crippen molar-refractivity contribution in [3.8, 4) is 22.5 Å². The second-order valence-electron chi connectivity index (χ2n) is 14.8. The van der Waals surface area contributed by atoms with Gasteiger partial charge in [0.15, 0.2) is 8.07 Å². The van der Waals surface area contributed by atoms with Crippen molar-refractivity contribution < 1.29 is 0 Å². The standard InChI is InChI=1S/C54H38N2Si/c1-6-21-39(22-7-1)52-49(37-38-50-53(52)46-32-17-19-35-48(46)55(50)40-23-8-2-9-24-40)56-47-34-18-16-31-44(47)45-33-20-36-51(54(45)56)57(41-25-10-3-11-26-41,42-27-12-4-13-28-42)43-29-14-5-15-30-43/h1-38H. The van der Waals surface area contributed by atoms with E-state index in [1.165, 1.54) is 81.2 Å². The summed E-state index contributed by atoms with van der Waals surface area (Å²) in [5.41, 5.74) is 9.56. The number of para-hydroxylation sites is 4. The normalized spacial score (nSPS) is 11.9. The first kappa shape index (κ1) is 33.2. The van der Waals surface area contributed by atoms with Gasteiger partial charge in [-0.1, -0.05) is 194 Å². The van der Waals surface area contributed by atoms with E-state index in [0.717, 1.165) is 5.69 Å². The summed E-state index contributed by atoms with van der Waals surface area (Å²) >= 11 is 0. The van der Waals surface area contributed by atoms with Crippen molar-refractivity contribution in [2.24, 2.45) is 0 Å². The molecule has 0 unspecified atom stereocenters. The predicted octanol–water partition coefficient (Wildman–Crippen LogP) is 10.9. The first-order valence-electron chi connectivity index (χ1n) is 19.7. The molecule has 11 rings (SSSR count). The quantitative estimate of drug-likeness (QED) is 0.114. The van der Waals surface area contributed by atoms with Crippen molar-refractivity contribution in [3.63, 3.8) is 0 Å². The number of nitrogens with zero attached hydrogens (tertiary/aromatic N) is 2. The number of benzene rings is 9. The van der Waals surface area contributed by atoms with Crippen LogP contribution in [0.2, 0.25) is 0 Å². The van der Waals surface area contributed by atoms with Crippen LogP contribution in [-0.4, -0.2) is 17.2 Å². The largest absolute Gasteiger partial charge is 0.309 e. The molecule has 0 fully saturated rings. The Morgan fingerprint density at radius 2 is 0.789 bits per heavy atom. The first-order chi connectivity index (χ1) is 28.3. The van der Waals surface area contributed by atoms with Crippen LogP contribution in [-0.2, 0) is 0 Å². The van der Waals surface area contributed by atoms with Gasteiger partial charge in [0.25, 0.3) is 0 Å². The van der Waals surface area contributed by atoms with Gasteiger partial charge in [0.2, 0.25) is 0 Å². The molecular weight excluding hydrogens is 705 g/mol. The summed E-state index contributed by atoms with van der Waals surface area (Å²) in [7, 11) is -2.95. The van der Waals surface area contributed by atoms with Gasteiger partial charge in [-0.15, -0.1) is 0 Å². The average Bonchev–Trinajstić information content (AvgIpc) is 3.81. The minimum atomic E-state index is -2.95. The zero-order chi connectivity index (χ0) is 37.8. The van der Waals surface area contributed by atoms with Gasteiger partial charge in [-0.2, -0.15) is 0 Å². The van der Waals surface area contributed by atoms with Crippen LogP contribution in [0.5, 0.6) is 0 Å². The molecule has 0 bridgehead atoms. The molecule has 0 aliphatic heterocycles. The highest BCUT2D eigenvalue weighted by atomic mass is 28.3. The fourth-order valence-corrected chi connectivity index (χ4v) is 14.5. The van der Waals surface area contributed by atoms with Crippen molar-refractivity contribution in [3.05, 3.63) is 231 Å². The van der Waals surface area contributed by atoms with Gasteiger partial charge in [-0.25, -0.2) is 0 Å². The van der Waals surface area contributed by atoms with Gasteiger partial charge in [-0.3, -0.25) is 0 Å². The Kier molecular flexibility index (Phi) is 7.87. The van der Waals surface area contributed by atoms with Gasteiger partial charge < -0.3 is 9.13 Å². The molecule has 2 nitrogen and oxygen atoms in total. The molecular formula is C54H38N2Si. The van der Waals surface area contributed by atoms with Crippen LogP contribution in [0.4, 0.5) is 0 Å². The number of aromatic nitrogens is 2. The van der Waals surface area contributed by atoms with E-state index in [-0.39, 0.29) is 0 Å². The van der Waals surface area contributed by atoms with E-state index in [2.05, 4.69) is 240 Å². The van der Waals surface area contributed by atoms with Crippen LogP contribution in [0.3, 0.4) is 0 Å². The summed E-state index contributed by atoms with van der Waals surface area (Å²) in [6.45, 7) is 0. The minimum Gasteiger partial charge on any atom is -0.309 e. The molecule has 0 atom stereocenters. The van der Waals surface area contributed by atoms with Gasteiger partial charge in [0.1, 0.15) is 0 Å². The Labute approximate surface area is 333 Å². The lowest BCUT2D eigenvalue weighted by molar-refractivity contribution is 1.17. The van der Waals surface area contributed by atoms with Crippen LogP contribution in [0.25, 0.3) is 66.1 Å². The molecule has 57 heavy (non-hydrogen) atoms. The first-order valence-corrected chi connectivity index (χ1v) is 21.7. The third-order valence-electron chi connectivity index (χ3n) is 11.9. The SMILES string of the molecule is c1ccc(-c2c(-n3c4ccccc4c4cccc([Si](c5ccccc5)(c5ccccc5)c5ccccc5)c43)ccc3c2c2ccccc2n3-c2ccccc2)cc1.